The molecular formula is C9H17NO4S2. The fourth-order valence-corrected chi connectivity index (χ4v) is 3.55. The Bertz CT molecular complexity index is 214. The highest BCUT2D eigenvalue weighted by Gasteiger charge is 2.17. The first-order valence-electron chi connectivity index (χ1n) is 4.90. The van der Waals surface area contributed by atoms with Gasteiger partial charge in [0.1, 0.15) is 6.04 Å². The summed E-state index contributed by atoms with van der Waals surface area (Å²) in [6.45, 7) is 1.83. The SMILES string of the molecule is CCC(CSSCC(NC)C(=O)O)C(=O)O. The van der Waals surface area contributed by atoms with E-state index in [1.54, 1.807) is 7.05 Å². The molecule has 0 aliphatic rings. The minimum Gasteiger partial charge on any atom is -0.481 e. The van der Waals surface area contributed by atoms with Crippen molar-refractivity contribution >= 4 is 33.5 Å². The van der Waals surface area contributed by atoms with E-state index < -0.39 is 18.0 Å². The van der Waals surface area contributed by atoms with Crippen molar-refractivity contribution in [3.8, 4) is 0 Å². The van der Waals surface area contributed by atoms with E-state index >= 15 is 0 Å². The number of likely N-dealkylation sites (N-methyl/N-ethyl adjacent to an activating group) is 1. The number of nitrogens with one attached hydrogen (secondary N) is 1. The van der Waals surface area contributed by atoms with Gasteiger partial charge in [-0.05, 0) is 13.5 Å². The molecule has 0 heterocycles. The molecule has 3 N–H and O–H groups in total. The Kier molecular flexibility index (Phi) is 8.50. The van der Waals surface area contributed by atoms with Crippen LogP contribution in [0.4, 0.5) is 0 Å². The lowest BCUT2D eigenvalue weighted by atomic mass is 10.1. The second-order valence-electron chi connectivity index (χ2n) is 3.19. The van der Waals surface area contributed by atoms with Crippen molar-refractivity contribution in [1.82, 2.24) is 5.32 Å². The van der Waals surface area contributed by atoms with Crippen LogP contribution < -0.4 is 5.32 Å². The molecule has 5 nitrogen and oxygen atoms in total. The smallest absolute Gasteiger partial charge is 0.321 e. The van der Waals surface area contributed by atoms with E-state index in [1.165, 1.54) is 21.6 Å². The summed E-state index contributed by atoms with van der Waals surface area (Å²) in [6, 6.07) is -0.581. The third kappa shape index (κ3) is 6.24. The summed E-state index contributed by atoms with van der Waals surface area (Å²) < 4.78 is 0. The van der Waals surface area contributed by atoms with Crippen LogP contribution in [0, 0.1) is 5.92 Å². The van der Waals surface area contributed by atoms with Gasteiger partial charge >= 0.3 is 11.9 Å². The molecule has 94 valence electrons. The number of carboxylic acid groups (broad SMARTS) is 2. The molecule has 0 aliphatic heterocycles. The van der Waals surface area contributed by atoms with Crippen molar-refractivity contribution in [2.45, 2.75) is 19.4 Å². The van der Waals surface area contributed by atoms with Gasteiger partial charge in [-0.15, -0.1) is 0 Å². The molecule has 0 saturated heterocycles. The molecule has 0 aromatic heterocycles. The molecule has 2 unspecified atom stereocenters. The van der Waals surface area contributed by atoms with Gasteiger partial charge in [0.05, 0.1) is 5.92 Å². The zero-order chi connectivity index (χ0) is 12.6. The zero-order valence-corrected chi connectivity index (χ0v) is 10.9. The molecule has 0 spiro atoms. The number of carbonyl (C=O) groups is 2. The first kappa shape index (κ1) is 15.6. The normalized spacial score (nSPS) is 14.4. The molecule has 7 heteroatoms. The molecule has 0 fully saturated rings. The van der Waals surface area contributed by atoms with Gasteiger partial charge in [-0.3, -0.25) is 9.59 Å². The highest BCUT2D eigenvalue weighted by Crippen LogP contribution is 2.25. The predicted octanol–water partition coefficient (Wildman–Crippen LogP) is 1.15. The molecule has 0 radical (unpaired) electrons. The minimum absolute atomic E-state index is 0.352. The maximum Gasteiger partial charge on any atom is 0.321 e. The molecule has 2 atom stereocenters. The van der Waals surface area contributed by atoms with Gasteiger partial charge in [0, 0.05) is 11.5 Å². The van der Waals surface area contributed by atoms with Gasteiger partial charge in [-0.2, -0.15) is 0 Å². The number of hydrogen-bond acceptors (Lipinski definition) is 5. The molecule has 16 heavy (non-hydrogen) atoms. The number of hydrogen-bond donors (Lipinski definition) is 3. The fourth-order valence-electron chi connectivity index (χ4n) is 0.888. The van der Waals surface area contributed by atoms with E-state index in [0.717, 1.165) is 0 Å². The summed E-state index contributed by atoms with van der Waals surface area (Å²) >= 11 is 0. The first-order valence-corrected chi connectivity index (χ1v) is 7.39. The lowest BCUT2D eigenvalue weighted by Gasteiger charge is -2.11. The monoisotopic (exact) mass is 267 g/mol. The van der Waals surface area contributed by atoms with Crippen molar-refractivity contribution in [3.05, 3.63) is 0 Å². The summed E-state index contributed by atoms with van der Waals surface area (Å²) in [5, 5.41) is 20.2. The van der Waals surface area contributed by atoms with Crippen LogP contribution in [0.15, 0.2) is 0 Å². The van der Waals surface area contributed by atoms with Crippen molar-refractivity contribution in [3.63, 3.8) is 0 Å². The number of rotatable bonds is 9. The third-order valence-electron chi connectivity index (χ3n) is 2.08. The third-order valence-corrected chi connectivity index (χ3v) is 4.57. The fraction of sp³-hybridized carbons (Fsp3) is 0.778. The summed E-state index contributed by atoms with van der Waals surface area (Å²) in [7, 11) is 4.39. The number of carboxylic acids is 2. The van der Waals surface area contributed by atoms with E-state index in [4.69, 9.17) is 10.2 Å². The maximum absolute atomic E-state index is 10.7. The summed E-state index contributed by atoms with van der Waals surface area (Å²) in [4.78, 5) is 21.3. The zero-order valence-electron chi connectivity index (χ0n) is 9.30. The van der Waals surface area contributed by atoms with Crippen LogP contribution in [0.25, 0.3) is 0 Å². The Morgan fingerprint density at radius 3 is 2.12 bits per heavy atom. The Labute approximate surface area is 103 Å². The van der Waals surface area contributed by atoms with Gasteiger partial charge in [0.25, 0.3) is 0 Å². The van der Waals surface area contributed by atoms with Crippen LogP contribution in [0.2, 0.25) is 0 Å². The van der Waals surface area contributed by atoms with Crippen molar-refractivity contribution in [1.29, 1.82) is 0 Å². The van der Waals surface area contributed by atoms with Gasteiger partial charge in [-0.25, -0.2) is 0 Å². The molecule has 0 bridgehead atoms. The number of aliphatic carboxylic acids is 2. The van der Waals surface area contributed by atoms with E-state index in [2.05, 4.69) is 5.32 Å². The average molecular weight is 267 g/mol. The summed E-state index contributed by atoms with van der Waals surface area (Å²) in [5.41, 5.74) is 0. The molecule has 0 saturated carbocycles. The van der Waals surface area contributed by atoms with E-state index in [1.807, 2.05) is 6.92 Å². The lowest BCUT2D eigenvalue weighted by molar-refractivity contribution is -0.141. The summed E-state index contributed by atoms with van der Waals surface area (Å²) in [6.07, 6.45) is 0.595. The van der Waals surface area contributed by atoms with E-state index in [9.17, 15) is 9.59 Å². The largest absolute Gasteiger partial charge is 0.481 e. The first-order chi connectivity index (χ1) is 7.52. The Balaban J connectivity index is 3.73. The molecule has 0 amide bonds. The van der Waals surface area contributed by atoms with E-state index in [0.29, 0.717) is 17.9 Å². The lowest BCUT2D eigenvalue weighted by Crippen LogP contribution is -2.35. The maximum atomic E-state index is 10.7. The molecule has 0 rings (SSSR count). The quantitative estimate of drug-likeness (QED) is 0.427. The van der Waals surface area contributed by atoms with Crippen LogP contribution in [0.3, 0.4) is 0 Å². The average Bonchev–Trinajstić information content (AvgIpc) is 2.22. The molecule has 0 aromatic carbocycles. The minimum atomic E-state index is -0.888. The molecule has 0 aromatic rings. The predicted molar refractivity (Wildman–Crippen MR) is 66.8 cm³/mol. The second-order valence-corrected chi connectivity index (χ2v) is 5.74. The highest BCUT2D eigenvalue weighted by atomic mass is 33.1. The van der Waals surface area contributed by atoms with Gasteiger partial charge in [-0.1, -0.05) is 28.5 Å². The Hall–Kier alpha value is -0.400. The molecule has 0 aliphatic carbocycles. The topological polar surface area (TPSA) is 86.6 Å². The van der Waals surface area contributed by atoms with Crippen LogP contribution in [-0.2, 0) is 9.59 Å². The Morgan fingerprint density at radius 2 is 1.75 bits per heavy atom. The van der Waals surface area contributed by atoms with E-state index in [-0.39, 0.29) is 5.92 Å². The van der Waals surface area contributed by atoms with Crippen molar-refractivity contribution < 1.29 is 19.8 Å². The Morgan fingerprint density at radius 1 is 1.19 bits per heavy atom. The van der Waals surface area contributed by atoms with Gasteiger partial charge in [0.2, 0.25) is 0 Å². The van der Waals surface area contributed by atoms with Crippen molar-refractivity contribution in [2.24, 2.45) is 5.92 Å². The van der Waals surface area contributed by atoms with Crippen LogP contribution >= 0.6 is 21.6 Å². The van der Waals surface area contributed by atoms with Crippen LogP contribution in [0.1, 0.15) is 13.3 Å². The molecular weight excluding hydrogens is 250 g/mol. The summed E-state index contributed by atoms with van der Waals surface area (Å²) in [5.74, 6) is -1.10. The highest BCUT2D eigenvalue weighted by molar-refractivity contribution is 8.76. The van der Waals surface area contributed by atoms with Crippen LogP contribution in [0.5, 0.6) is 0 Å². The standard InChI is InChI=1S/C9H17NO4S2/c1-3-6(8(11)12)4-15-16-5-7(10-2)9(13)14/h6-7,10H,3-5H2,1-2H3,(H,11,12)(H,13,14). The van der Waals surface area contributed by atoms with Gasteiger partial charge < -0.3 is 15.5 Å². The second kappa shape index (κ2) is 8.72. The van der Waals surface area contributed by atoms with Crippen molar-refractivity contribution in [2.75, 3.05) is 18.6 Å². The van der Waals surface area contributed by atoms with Gasteiger partial charge in [0.15, 0.2) is 0 Å². The van der Waals surface area contributed by atoms with Crippen LogP contribution in [-0.4, -0.2) is 46.7 Å².